The molecule has 0 bridgehead atoms. The minimum atomic E-state index is -0.558. The van der Waals surface area contributed by atoms with Gasteiger partial charge in [-0.05, 0) is 31.6 Å². The highest BCUT2D eigenvalue weighted by molar-refractivity contribution is 5.00. The number of hydrogen-bond donors (Lipinski definition) is 2. The average molecular weight is 170 g/mol. The molecular weight excluding hydrogens is 152 g/mol. The summed E-state index contributed by atoms with van der Waals surface area (Å²) < 4.78 is 0. The monoisotopic (exact) mass is 170 g/mol. The van der Waals surface area contributed by atoms with Crippen molar-refractivity contribution in [3.63, 3.8) is 0 Å². The molecule has 0 aromatic carbocycles. The number of aliphatic hydroxyl groups excluding tert-OH is 1. The Labute approximate surface area is 73.9 Å². The molecule has 2 unspecified atom stereocenters. The molecule has 0 saturated carbocycles. The molecule has 0 amide bonds. The van der Waals surface area contributed by atoms with Gasteiger partial charge >= 0.3 is 0 Å². The van der Waals surface area contributed by atoms with Crippen molar-refractivity contribution in [3.8, 4) is 0 Å². The van der Waals surface area contributed by atoms with Crippen molar-refractivity contribution in [2.75, 3.05) is 6.61 Å². The average Bonchev–Trinajstić information content (AvgIpc) is 2.06. The van der Waals surface area contributed by atoms with E-state index in [1.807, 2.05) is 13.0 Å². The van der Waals surface area contributed by atoms with Gasteiger partial charge < -0.3 is 10.2 Å². The molecule has 0 aromatic rings. The summed E-state index contributed by atoms with van der Waals surface area (Å²) in [6.45, 7) is 2.18. The van der Waals surface area contributed by atoms with Gasteiger partial charge in [-0.3, -0.25) is 0 Å². The van der Waals surface area contributed by atoms with Crippen LogP contribution in [0.25, 0.3) is 0 Å². The lowest BCUT2D eigenvalue weighted by molar-refractivity contribution is -0.0275. The third kappa shape index (κ3) is 2.08. The van der Waals surface area contributed by atoms with Gasteiger partial charge in [0.2, 0.25) is 0 Å². The number of aliphatic hydroxyl groups is 2. The van der Waals surface area contributed by atoms with E-state index in [-0.39, 0.29) is 12.5 Å². The maximum atomic E-state index is 10.1. The lowest BCUT2D eigenvalue weighted by atomic mass is 9.78. The minimum absolute atomic E-state index is 0.174. The van der Waals surface area contributed by atoms with Gasteiger partial charge in [0.15, 0.2) is 0 Å². The Bertz CT molecular complexity index is 165. The van der Waals surface area contributed by atoms with Crippen molar-refractivity contribution < 1.29 is 10.2 Å². The maximum Gasteiger partial charge on any atom is 0.0711 e. The minimum Gasteiger partial charge on any atom is -0.396 e. The van der Waals surface area contributed by atoms with Gasteiger partial charge in [-0.25, -0.2) is 0 Å². The van der Waals surface area contributed by atoms with Crippen LogP contribution >= 0.6 is 0 Å². The topological polar surface area (TPSA) is 40.5 Å². The summed E-state index contributed by atoms with van der Waals surface area (Å²) in [7, 11) is 0. The van der Waals surface area contributed by atoms with E-state index in [9.17, 15) is 5.11 Å². The third-order valence-electron chi connectivity index (χ3n) is 2.86. The zero-order valence-electron chi connectivity index (χ0n) is 7.66. The van der Waals surface area contributed by atoms with E-state index in [2.05, 4.69) is 6.08 Å². The summed E-state index contributed by atoms with van der Waals surface area (Å²) in [6.07, 6.45) is 7.40. The fourth-order valence-corrected chi connectivity index (χ4v) is 1.75. The largest absolute Gasteiger partial charge is 0.396 e. The first kappa shape index (κ1) is 9.75. The second-order valence-electron chi connectivity index (χ2n) is 3.73. The second kappa shape index (κ2) is 4.06. The summed E-state index contributed by atoms with van der Waals surface area (Å²) in [5, 5.41) is 18.9. The first-order valence-electron chi connectivity index (χ1n) is 4.67. The first-order chi connectivity index (χ1) is 5.69. The number of hydrogen-bond acceptors (Lipinski definition) is 2. The smallest absolute Gasteiger partial charge is 0.0711 e. The molecule has 2 N–H and O–H groups in total. The van der Waals surface area contributed by atoms with Gasteiger partial charge in [0.25, 0.3) is 0 Å². The highest BCUT2D eigenvalue weighted by Gasteiger charge is 2.32. The van der Waals surface area contributed by atoms with Crippen LogP contribution in [-0.2, 0) is 0 Å². The van der Waals surface area contributed by atoms with Crippen molar-refractivity contribution >= 4 is 0 Å². The van der Waals surface area contributed by atoms with E-state index < -0.39 is 5.60 Å². The van der Waals surface area contributed by atoms with E-state index in [4.69, 9.17) is 5.11 Å². The van der Waals surface area contributed by atoms with Crippen LogP contribution in [0, 0.1) is 5.92 Å². The van der Waals surface area contributed by atoms with Crippen LogP contribution in [0.15, 0.2) is 12.2 Å². The van der Waals surface area contributed by atoms with Crippen molar-refractivity contribution in [1.82, 2.24) is 0 Å². The van der Waals surface area contributed by atoms with Gasteiger partial charge in [-0.15, -0.1) is 0 Å². The van der Waals surface area contributed by atoms with Crippen molar-refractivity contribution in [2.45, 2.75) is 38.2 Å². The number of rotatable bonds is 3. The Hall–Kier alpha value is -0.340. The van der Waals surface area contributed by atoms with Gasteiger partial charge in [-0.2, -0.15) is 0 Å². The molecule has 2 atom stereocenters. The second-order valence-corrected chi connectivity index (χ2v) is 3.73. The standard InChI is InChI=1S/C10H18O2/c1-9(5-8-11)10(12)6-3-2-4-7-10/h2-3,9,11-12H,4-8H2,1H3. The molecule has 1 rings (SSSR count). The van der Waals surface area contributed by atoms with E-state index in [0.717, 1.165) is 19.3 Å². The lowest BCUT2D eigenvalue weighted by Crippen LogP contribution is -2.37. The molecule has 12 heavy (non-hydrogen) atoms. The third-order valence-corrected chi connectivity index (χ3v) is 2.86. The van der Waals surface area contributed by atoms with Gasteiger partial charge in [-0.1, -0.05) is 19.1 Å². The Morgan fingerprint density at radius 2 is 2.25 bits per heavy atom. The van der Waals surface area contributed by atoms with Crippen LogP contribution in [0.2, 0.25) is 0 Å². The van der Waals surface area contributed by atoms with Crippen LogP contribution in [-0.4, -0.2) is 22.4 Å². The Balaban J connectivity index is 2.51. The molecule has 1 aliphatic rings. The predicted molar refractivity (Wildman–Crippen MR) is 48.8 cm³/mol. The SMILES string of the molecule is CC(CCO)C1(O)CC=CCC1. The van der Waals surface area contributed by atoms with Crippen LogP contribution in [0.5, 0.6) is 0 Å². The van der Waals surface area contributed by atoms with Crippen LogP contribution in [0.1, 0.15) is 32.6 Å². The van der Waals surface area contributed by atoms with Crippen molar-refractivity contribution in [2.24, 2.45) is 5.92 Å². The maximum absolute atomic E-state index is 10.1. The van der Waals surface area contributed by atoms with Crippen LogP contribution in [0.4, 0.5) is 0 Å². The van der Waals surface area contributed by atoms with Gasteiger partial charge in [0, 0.05) is 6.61 Å². The normalized spacial score (nSPS) is 31.9. The highest BCUT2D eigenvalue weighted by atomic mass is 16.3. The molecule has 0 aromatic heterocycles. The summed E-state index contributed by atoms with van der Waals surface area (Å²) in [5.74, 6) is 0.201. The Kier molecular flexibility index (Phi) is 3.29. The van der Waals surface area contributed by atoms with Gasteiger partial charge in [0.1, 0.15) is 0 Å². The molecule has 2 heteroatoms. The Morgan fingerprint density at radius 1 is 1.50 bits per heavy atom. The quantitative estimate of drug-likeness (QED) is 0.630. The van der Waals surface area contributed by atoms with Crippen molar-refractivity contribution in [1.29, 1.82) is 0 Å². The van der Waals surface area contributed by atoms with E-state index in [0.29, 0.717) is 6.42 Å². The van der Waals surface area contributed by atoms with Gasteiger partial charge in [0.05, 0.1) is 5.60 Å². The molecular formula is C10H18O2. The lowest BCUT2D eigenvalue weighted by Gasteiger charge is -2.35. The number of allylic oxidation sites excluding steroid dienone is 1. The molecule has 0 fully saturated rings. The summed E-state index contributed by atoms with van der Waals surface area (Å²) >= 11 is 0. The summed E-state index contributed by atoms with van der Waals surface area (Å²) in [6, 6.07) is 0. The molecule has 70 valence electrons. The first-order valence-corrected chi connectivity index (χ1v) is 4.67. The van der Waals surface area contributed by atoms with E-state index >= 15 is 0 Å². The fourth-order valence-electron chi connectivity index (χ4n) is 1.75. The zero-order chi connectivity index (χ0) is 9.03. The van der Waals surface area contributed by atoms with Crippen LogP contribution < -0.4 is 0 Å². The van der Waals surface area contributed by atoms with Crippen LogP contribution in [0.3, 0.4) is 0 Å². The highest BCUT2D eigenvalue weighted by Crippen LogP contribution is 2.32. The molecule has 0 radical (unpaired) electrons. The van der Waals surface area contributed by atoms with E-state index in [1.54, 1.807) is 0 Å². The Morgan fingerprint density at radius 3 is 2.75 bits per heavy atom. The molecule has 0 spiro atoms. The fraction of sp³-hybridized carbons (Fsp3) is 0.800. The molecule has 1 aliphatic carbocycles. The molecule has 0 heterocycles. The molecule has 0 aliphatic heterocycles. The summed E-state index contributed by atoms with van der Waals surface area (Å²) in [5.41, 5.74) is -0.558. The molecule has 0 saturated heterocycles. The van der Waals surface area contributed by atoms with E-state index in [1.165, 1.54) is 0 Å². The molecule has 2 nitrogen and oxygen atoms in total. The predicted octanol–water partition coefficient (Wildman–Crippen LogP) is 1.48. The van der Waals surface area contributed by atoms with Crippen molar-refractivity contribution in [3.05, 3.63) is 12.2 Å². The zero-order valence-corrected chi connectivity index (χ0v) is 7.66. The summed E-state index contributed by atoms with van der Waals surface area (Å²) in [4.78, 5) is 0.